The molecule has 0 aliphatic carbocycles. The maximum Gasteiger partial charge on any atom is 0.257 e. The standard InChI is InChI=1S/C12H14BrFN2OS/c1-7(2)16(6-10(15)18)12(17)8-4-3-5-9(13)11(8)14/h3-5,7H,6H2,1-2H3,(H2,15,18). The normalized spacial score (nSPS) is 10.5. The number of thiocarbonyl (C=S) groups is 1. The van der Waals surface area contributed by atoms with Gasteiger partial charge < -0.3 is 10.6 Å². The third-order valence-electron chi connectivity index (χ3n) is 2.39. The first-order valence-electron chi connectivity index (χ1n) is 5.38. The van der Waals surface area contributed by atoms with Crippen molar-refractivity contribution >= 4 is 39.0 Å². The molecule has 18 heavy (non-hydrogen) atoms. The number of amides is 1. The largest absolute Gasteiger partial charge is 0.392 e. The molecule has 0 fully saturated rings. The zero-order chi connectivity index (χ0) is 13.9. The smallest absolute Gasteiger partial charge is 0.257 e. The topological polar surface area (TPSA) is 46.3 Å². The van der Waals surface area contributed by atoms with Crippen LogP contribution in [0.5, 0.6) is 0 Å². The van der Waals surface area contributed by atoms with Crippen molar-refractivity contribution in [2.24, 2.45) is 5.73 Å². The Labute approximate surface area is 119 Å². The fourth-order valence-corrected chi connectivity index (χ4v) is 1.99. The van der Waals surface area contributed by atoms with Crippen molar-refractivity contribution in [2.45, 2.75) is 19.9 Å². The van der Waals surface area contributed by atoms with E-state index in [0.29, 0.717) is 0 Å². The van der Waals surface area contributed by atoms with Crippen molar-refractivity contribution in [3.05, 3.63) is 34.1 Å². The predicted molar refractivity (Wildman–Crippen MR) is 77.1 cm³/mol. The van der Waals surface area contributed by atoms with Gasteiger partial charge in [0.1, 0.15) is 5.82 Å². The Morgan fingerprint density at radius 1 is 1.56 bits per heavy atom. The van der Waals surface area contributed by atoms with Crippen LogP contribution in [0.1, 0.15) is 24.2 Å². The fourth-order valence-electron chi connectivity index (χ4n) is 1.48. The van der Waals surface area contributed by atoms with Crippen molar-refractivity contribution in [2.75, 3.05) is 6.54 Å². The van der Waals surface area contributed by atoms with Gasteiger partial charge in [0.05, 0.1) is 21.6 Å². The van der Waals surface area contributed by atoms with Crippen LogP contribution in [0.2, 0.25) is 0 Å². The molecule has 0 saturated carbocycles. The molecule has 0 unspecified atom stereocenters. The van der Waals surface area contributed by atoms with E-state index in [1.54, 1.807) is 12.1 Å². The van der Waals surface area contributed by atoms with E-state index >= 15 is 0 Å². The average molecular weight is 333 g/mol. The van der Waals surface area contributed by atoms with Gasteiger partial charge in [-0.3, -0.25) is 4.79 Å². The Kier molecular flexibility index (Phi) is 5.22. The molecule has 0 aliphatic heterocycles. The van der Waals surface area contributed by atoms with Crippen LogP contribution >= 0.6 is 28.1 Å². The van der Waals surface area contributed by atoms with Crippen LogP contribution in [-0.2, 0) is 0 Å². The lowest BCUT2D eigenvalue weighted by Gasteiger charge is -2.26. The van der Waals surface area contributed by atoms with E-state index in [2.05, 4.69) is 15.9 Å². The number of nitrogens with zero attached hydrogens (tertiary/aromatic N) is 1. The van der Waals surface area contributed by atoms with E-state index in [0.717, 1.165) is 0 Å². The number of halogens is 2. The van der Waals surface area contributed by atoms with Crippen LogP contribution in [0.3, 0.4) is 0 Å². The second-order valence-corrected chi connectivity index (χ2v) is 5.47. The number of rotatable bonds is 4. The molecular formula is C12H14BrFN2OS. The summed E-state index contributed by atoms with van der Waals surface area (Å²) < 4.78 is 14.1. The number of carbonyl (C=O) groups excluding carboxylic acids is 1. The number of benzene rings is 1. The van der Waals surface area contributed by atoms with Gasteiger partial charge in [0.25, 0.3) is 5.91 Å². The molecule has 1 rings (SSSR count). The molecule has 0 radical (unpaired) electrons. The second-order valence-electron chi connectivity index (χ2n) is 4.09. The van der Waals surface area contributed by atoms with Crippen molar-refractivity contribution < 1.29 is 9.18 Å². The third-order valence-corrected chi connectivity index (χ3v) is 3.13. The van der Waals surface area contributed by atoms with Gasteiger partial charge in [0.15, 0.2) is 0 Å². The SMILES string of the molecule is CC(C)N(CC(N)=S)C(=O)c1cccc(Br)c1F. The average Bonchev–Trinajstić information content (AvgIpc) is 2.28. The molecule has 1 aromatic rings. The zero-order valence-corrected chi connectivity index (χ0v) is 12.5. The fraction of sp³-hybridized carbons (Fsp3) is 0.333. The highest BCUT2D eigenvalue weighted by atomic mass is 79.9. The Balaban J connectivity index is 3.10. The third kappa shape index (κ3) is 3.49. The van der Waals surface area contributed by atoms with E-state index in [-0.39, 0.29) is 27.6 Å². The molecule has 6 heteroatoms. The highest BCUT2D eigenvalue weighted by Crippen LogP contribution is 2.20. The van der Waals surface area contributed by atoms with E-state index in [1.807, 2.05) is 13.8 Å². The first-order chi connectivity index (χ1) is 8.34. The molecule has 98 valence electrons. The molecular weight excluding hydrogens is 319 g/mol. The van der Waals surface area contributed by atoms with Crippen molar-refractivity contribution in [1.29, 1.82) is 0 Å². The zero-order valence-electron chi connectivity index (χ0n) is 10.1. The first kappa shape index (κ1) is 15.0. The van der Waals surface area contributed by atoms with E-state index < -0.39 is 11.7 Å². The molecule has 3 nitrogen and oxygen atoms in total. The summed E-state index contributed by atoms with van der Waals surface area (Å²) in [6, 6.07) is 4.48. The van der Waals surface area contributed by atoms with Gasteiger partial charge in [0.2, 0.25) is 0 Å². The summed E-state index contributed by atoms with van der Waals surface area (Å²) >= 11 is 7.85. The van der Waals surface area contributed by atoms with Gasteiger partial charge in [-0.2, -0.15) is 0 Å². The van der Waals surface area contributed by atoms with Gasteiger partial charge >= 0.3 is 0 Å². The maximum absolute atomic E-state index is 13.9. The number of hydrogen-bond acceptors (Lipinski definition) is 2. The molecule has 0 aliphatic rings. The first-order valence-corrected chi connectivity index (χ1v) is 6.58. The van der Waals surface area contributed by atoms with Gasteiger partial charge in [-0.15, -0.1) is 0 Å². The minimum Gasteiger partial charge on any atom is -0.392 e. The lowest BCUT2D eigenvalue weighted by atomic mass is 10.1. The maximum atomic E-state index is 13.9. The van der Waals surface area contributed by atoms with Crippen molar-refractivity contribution in [3.63, 3.8) is 0 Å². The molecule has 0 spiro atoms. The van der Waals surface area contributed by atoms with Gasteiger partial charge in [-0.05, 0) is 41.9 Å². The quantitative estimate of drug-likeness (QED) is 0.862. The number of hydrogen-bond donors (Lipinski definition) is 1. The molecule has 1 amide bonds. The van der Waals surface area contributed by atoms with Crippen LogP contribution < -0.4 is 5.73 Å². The monoisotopic (exact) mass is 332 g/mol. The lowest BCUT2D eigenvalue weighted by Crippen LogP contribution is -2.42. The van der Waals surface area contributed by atoms with Crippen LogP contribution in [0, 0.1) is 5.82 Å². The summed E-state index contributed by atoms with van der Waals surface area (Å²) in [6.45, 7) is 3.79. The van der Waals surface area contributed by atoms with Gasteiger partial charge in [0, 0.05) is 6.04 Å². The summed E-state index contributed by atoms with van der Waals surface area (Å²) in [5.74, 6) is -0.993. The Bertz CT molecular complexity index is 479. The summed E-state index contributed by atoms with van der Waals surface area (Å²) in [4.78, 5) is 13.9. The number of carbonyl (C=O) groups is 1. The molecule has 0 heterocycles. The molecule has 0 bridgehead atoms. The summed E-state index contributed by atoms with van der Waals surface area (Å²) in [5.41, 5.74) is 5.46. The van der Waals surface area contributed by atoms with E-state index in [9.17, 15) is 9.18 Å². The molecule has 2 N–H and O–H groups in total. The highest BCUT2D eigenvalue weighted by molar-refractivity contribution is 9.10. The molecule has 0 aromatic heterocycles. The molecule has 0 saturated heterocycles. The molecule has 1 aromatic carbocycles. The van der Waals surface area contributed by atoms with Crippen LogP contribution in [0.15, 0.2) is 22.7 Å². The minimum absolute atomic E-state index is 0.00863. The predicted octanol–water partition coefficient (Wildman–Crippen LogP) is 2.72. The summed E-state index contributed by atoms with van der Waals surface area (Å²) in [7, 11) is 0. The highest BCUT2D eigenvalue weighted by Gasteiger charge is 2.22. The van der Waals surface area contributed by atoms with Crippen LogP contribution in [0.25, 0.3) is 0 Å². The Morgan fingerprint density at radius 2 is 2.17 bits per heavy atom. The Hall–Kier alpha value is -1.01. The number of nitrogens with two attached hydrogens (primary N) is 1. The van der Waals surface area contributed by atoms with Crippen molar-refractivity contribution in [1.82, 2.24) is 4.90 Å². The van der Waals surface area contributed by atoms with Crippen LogP contribution in [0.4, 0.5) is 4.39 Å². The second kappa shape index (κ2) is 6.24. The van der Waals surface area contributed by atoms with Crippen molar-refractivity contribution in [3.8, 4) is 0 Å². The molecule has 0 atom stereocenters. The Morgan fingerprint density at radius 3 is 2.67 bits per heavy atom. The minimum atomic E-state index is -0.573. The van der Waals surface area contributed by atoms with Crippen LogP contribution in [-0.4, -0.2) is 28.4 Å². The van der Waals surface area contributed by atoms with Gasteiger partial charge in [-0.1, -0.05) is 18.3 Å². The van der Waals surface area contributed by atoms with E-state index in [4.69, 9.17) is 18.0 Å². The van der Waals surface area contributed by atoms with E-state index in [1.165, 1.54) is 11.0 Å². The lowest BCUT2D eigenvalue weighted by molar-refractivity contribution is 0.0731. The van der Waals surface area contributed by atoms with Gasteiger partial charge in [-0.25, -0.2) is 4.39 Å². The summed E-state index contributed by atoms with van der Waals surface area (Å²) in [6.07, 6.45) is 0. The summed E-state index contributed by atoms with van der Waals surface area (Å²) in [5, 5.41) is 0.